The SMILES string of the molecule is CNC1(Cc2nc(CC(F)(F)F)no2)CCCCC1. The van der Waals surface area contributed by atoms with Crippen molar-refractivity contribution in [3.63, 3.8) is 0 Å². The Labute approximate surface area is 109 Å². The molecule has 0 amide bonds. The fraction of sp³-hybridized carbons (Fsp3) is 0.833. The second-order valence-electron chi connectivity index (χ2n) is 5.16. The maximum atomic E-state index is 12.2. The van der Waals surface area contributed by atoms with Crippen LogP contribution in [0.1, 0.15) is 43.8 Å². The van der Waals surface area contributed by atoms with Gasteiger partial charge in [-0.1, -0.05) is 24.4 Å². The van der Waals surface area contributed by atoms with Gasteiger partial charge in [-0.15, -0.1) is 0 Å². The van der Waals surface area contributed by atoms with Crippen LogP contribution in [-0.4, -0.2) is 28.9 Å². The van der Waals surface area contributed by atoms with Crippen molar-refractivity contribution in [3.8, 4) is 0 Å². The standard InChI is InChI=1S/C12H18F3N3O/c1-16-11(5-3-2-4-6-11)8-10-17-9(18-19-10)7-12(13,14)15/h16H,2-8H2,1H3. The molecular formula is C12H18F3N3O. The zero-order valence-electron chi connectivity index (χ0n) is 10.9. The van der Waals surface area contributed by atoms with Gasteiger partial charge in [0.2, 0.25) is 5.89 Å². The normalized spacial score (nSPS) is 19.6. The van der Waals surface area contributed by atoms with Gasteiger partial charge in [-0.05, 0) is 19.9 Å². The third kappa shape index (κ3) is 3.92. The predicted molar refractivity (Wildman–Crippen MR) is 62.6 cm³/mol. The molecule has 108 valence electrons. The van der Waals surface area contributed by atoms with Crippen LogP contribution in [0.2, 0.25) is 0 Å². The molecule has 1 heterocycles. The molecule has 1 N–H and O–H groups in total. The van der Waals surface area contributed by atoms with Crippen LogP contribution in [0, 0.1) is 0 Å². The zero-order valence-corrected chi connectivity index (χ0v) is 10.9. The highest BCUT2D eigenvalue weighted by Gasteiger charge is 2.34. The van der Waals surface area contributed by atoms with Crippen LogP contribution >= 0.6 is 0 Å². The van der Waals surface area contributed by atoms with E-state index in [1.165, 1.54) is 6.42 Å². The van der Waals surface area contributed by atoms with Gasteiger partial charge in [0.05, 0.1) is 0 Å². The molecule has 0 saturated heterocycles. The van der Waals surface area contributed by atoms with Gasteiger partial charge in [0.25, 0.3) is 0 Å². The lowest BCUT2D eigenvalue weighted by molar-refractivity contribution is -0.128. The summed E-state index contributed by atoms with van der Waals surface area (Å²) in [4.78, 5) is 3.84. The lowest BCUT2D eigenvalue weighted by atomic mass is 9.79. The van der Waals surface area contributed by atoms with Crippen molar-refractivity contribution in [2.24, 2.45) is 0 Å². The molecule has 1 aromatic heterocycles. The summed E-state index contributed by atoms with van der Waals surface area (Å²) in [6, 6.07) is 0. The number of hydrogen-bond donors (Lipinski definition) is 1. The summed E-state index contributed by atoms with van der Waals surface area (Å²) in [5.41, 5.74) is -0.111. The van der Waals surface area contributed by atoms with Crippen molar-refractivity contribution in [2.75, 3.05) is 7.05 Å². The van der Waals surface area contributed by atoms with Gasteiger partial charge < -0.3 is 9.84 Å². The Balaban J connectivity index is 2.02. The average molecular weight is 277 g/mol. The Morgan fingerprint density at radius 3 is 2.53 bits per heavy atom. The third-order valence-corrected chi connectivity index (χ3v) is 3.70. The summed E-state index contributed by atoms with van der Waals surface area (Å²) in [5, 5.41) is 6.67. The lowest BCUT2D eigenvalue weighted by Crippen LogP contribution is -2.46. The summed E-state index contributed by atoms with van der Waals surface area (Å²) >= 11 is 0. The summed E-state index contributed by atoms with van der Waals surface area (Å²) in [7, 11) is 1.87. The Bertz CT molecular complexity index is 411. The van der Waals surface area contributed by atoms with Crippen molar-refractivity contribution in [1.82, 2.24) is 15.5 Å². The summed E-state index contributed by atoms with van der Waals surface area (Å²) < 4.78 is 41.6. The molecule has 7 heteroatoms. The van der Waals surface area contributed by atoms with Gasteiger partial charge in [-0.3, -0.25) is 0 Å². The van der Waals surface area contributed by atoms with Gasteiger partial charge in [-0.2, -0.15) is 18.2 Å². The number of nitrogens with zero attached hydrogens (tertiary/aromatic N) is 2. The molecule has 1 fully saturated rings. The molecule has 1 aliphatic carbocycles. The first kappa shape index (κ1) is 14.3. The van der Waals surface area contributed by atoms with E-state index in [9.17, 15) is 13.2 Å². The molecule has 2 rings (SSSR count). The quantitative estimate of drug-likeness (QED) is 0.919. The second-order valence-corrected chi connectivity index (χ2v) is 5.16. The molecule has 0 aromatic carbocycles. The van der Waals surface area contributed by atoms with Gasteiger partial charge in [0.1, 0.15) is 6.42 Å². The van der Waals surface area contributed by atoms with Crippen molar-refractivity contribution >= 4 is 0 Å². The minimum Gasteiger partial charge on any atom is -0.339 e. The van der Waals surface area contributed by atoms with E-state index in [1.807, 2.05) is 7.05 Å². The Hall–Kier alpha value is -1.11. The summed E-state index contributed by atoms with van der Waals surface area (Å²) in [6.45, 7) is 0. The summed E-state index contributed by atoms with van der Waals surface area (Å²) in [5.74, 6) is 0.0000579. The topological polar surface area (TPSA) is 51.0 Å². The molecule has 4 nitrogen and oxygen atoms in total. The first-order valence-corrected chi connectivity index (χ1v) is 6.50. The van der Waals surface area contributed by atoms with Crippen LogP contribution in [0.5, 0.6) is 0 Å². The van der Waals surface area contributed by atoms with Crippen LogP contribution in [0.15, 0.2) is 4.52 Å². The van der Waals surface area contributed by atoms with Gasteiger partial charge >= 0.3 is 6.18 Å². The molecule has 0 radical (unpaired) electrons. The Morgan fingerprint density at radius 2 is 1.95 bits per heavy atom. The smallest absolute Gasteiger partial charge is 0.339 e. The van der Waals surface area contributed by atoms with Gasteiger partial charge in [-0.25, -0.2) is 0 Å². The third-order valence-electron chi connectivity index (χ3n) is 3.70. The van der Waals surface area contributed by atoms with E-state index in [2.05, 4.69) is 15.5 Å². The Morgan fingerprint density at radius 1 is 1.26 bits per heavy atom. The molecule has 0 unspecified atom stereocenters. The molecule has 1 aromatic rings. The van der Waals surface area contributed by atoms with E-state index >= 15 is 0 Å². The predicted octanol–water partition coefficient (Wildman–Crippen LogP) is 2.64. The minimum atomic E-state index is -4.30. The van der Waals surface area contributed by atoms with E-state index < -0.39 is 12.6 Å². The molecule has 0 spiro atoms. The number of likely N-dealkylation sites (N-methyl/N-ethyl adjacent to an activating group) is 1. The van der Waals surface area contributed by atoms with E-state index in [1.54, 1.807) is 0 Å². The largest absolute Gasteiger partial charge is 0.396 e. The molecule has 0 bridgehead atoms. The fourth-order valence-electron chi connectivity index (χ4n) is 2.65. The fourth-order valence-corrected chi connectivity index (χ4v) is 2.65. The van der Waals surface area contributed by atoms with E-state index in [4.69, 9.17) is 4.52 Å². The minimum absolute atomic E-state index is 0.111. The average Bonchev–Trinajstić information content (AvgIpc) is 2.75. The Kier molecular flexibility index (Phi) is 4.13. The van der Waals surface area contributed by atoms with Gasteiger partial charge in [0, 0.05) is 12.0 Å². The van der Waals surface area contributed by atoms with Crippen LogP contribution in [-0.2, 0) is 12.8 Å². The van der Waals surface area contributed by atoms with Crippen LogP contribution in [0.3, 0.4) is 0 Å². The maximum Gasteiger partial charge on any atom is 0.396 e. The summed E-state index contributed by atoms with van der Waals surface area (Å²) in [6.07, 6.45) is 0.465. The van der Waals surface area contributed by atoms with Crippen molar-refractivity contribution in [1.29, 1.82) is 0 Å². The van der Waals surface area contributed by atoms with Crippen LogP contribution < -0.4 is 5.32 Å². The van der Waals surface area contributed by atoms with Crippen molar-refractivity contribution < 1.29 is 17.7 Å². The maximum absolute atomic E-state index is 12.2. The highest BCUT2D eigenvalue weighted by Crippen LogP contribution is 2.30. The zero-order chi connectivity index (χ0) is 13.9. The van der Waals surface area contributed by atoms with Crippen LogP contribution in [0.25, 0.3) is 0 Å². The second kappa shape index (κ2) is 5.48. The molecule has 19 heavy (non-hydrogen) atoms. The first-order chi connectivity index (χ1) is 8.92. The highest BCUT2D eigenvalue weighted by atomic mass is 19.4. The number of rotatable bonds is 4. The van der Waals surface area contributed by atoms with Crippen molar-refractivity contribution in [3.05, 3.63) is 11.7 Å². The van der Waals surface area contributed by atoms with E-state index in [0.717, 1.165) is 25.7 Å². The van der Waals surface area contributed by atoms with E-state index in [0.29, 0.717) is 6.42 Å². The number of hydrogen-bond acceptors (Lipinski definition) is 4. The van der Waals surface area contributed by atoms with Crippen molar-refractivity contribution in [2.45, 2.75) is 56.7 Å². The molecule has 0 aliphatic heterocycles. The monoisotopic (exact) mass is 277 g/mol. The van der Waals surface area contributed by atoms with Gasteiger partial charge in [0.15, 0.2) is 5.82 Å². The number of aromatic nitrogens is 2. The molecule has 1 aliphatic rings. The first-order valence-electron chi connectivity index (χ1n) is 6.50. The van der Waals surface area contributed by atoms with E-state index in [-0.39, 0.29) is 17.3 Å². The number of halogens is 3. The number of nitrogens with one attached hydrogen (secondary N) is 1. The number of alkyl halides is 3. The lowest BCUT2D eigenvalue weighted by Gasteiger charge is -2.36. The molecular weight excluding hydrogens is 259 g/mol. The molecule has 0 atom stereocenters. The highest BCUT2D eigenvalue weighted by molar-refractivity contribution is 4.99. The van der Waals surface area contributed by atoms with Crippen LogP contribution in [0.4, 0.5) is 13.2 Å². The molecule has 1 saturated carbocycles.